The second-order valence-electron chi connectivity index (χ2n) is 5.69. The van der Waals surface area contributed by atoms with E-state index >= 15 is 0 Å². The number of carbonyl (C=O) groups excluding carboxylic acids is 1. The fourth-order valence-corrected chi connectivity index (χ4v) is 1.20. The van der Waals surface area contributed by atoms with Crippen molar-refractivity contribution in [2.45, 2.75) is 53.9 Å². The molecule has 0 aromatic rings. The van der Waals surface area contributed by atoms with Gasteiger partial charge in [0.05, 0.1) is 0 Å². The lowest BCUT2D eigenvalue weighted by molar-refractivity contribution is -0.126. The van der Waals surface area contributed by atoms with E-state index in [0.29, 0.717) is 12.0 Å². The van der Waals surface area contributed by atoms with Crippen molar-refractivity contribution < 1.29 is 9.53 Å². The highest BCUT2D eigenvalue weighted by Gasteiger charge is 2.09. The zero-order valence-corrected chi connectivity index (χ0v) is 10.9. The van der Waals surface area contributed by atoms with Crippen molar-refractivity contribution in [3.8, 4) is 0 Å². The molecule has 0 saturated carbocycles. The highest BCUT2D eigenvalue weighted by Crippen LogP contribution is 2.21. The molecule has 0 amide bonds. The van der Waals surface area contributed by atoms with Crippen LogP contribution in [0, 0.1) is 11.3 Å². The van der Waals surface area contributed by atoms with Crippen LogP contribution in [0.5, 0.6) is 0 Å². The Balaban J connectivity index is 3.30. The average Bonchev–Trinajstić information content (AvgIpc) is 2.08. The van der Waals surface area contributed by atoms with Crippen LogP contribution >= 0.6 is 0 Å². The largest absolute Gasteiger partial charge is 0.374 e. The van der Waals surface area contributed by atoms with Crippen molar-refractivity contribution in [1.82, 2.24) is 0 Å². The standard InChI is InChI=1S/C13H26O2/c1-11(2)12(14)10-15-9-7-6-8-13(3,4)5/h11H,6-10H2,1-5H3. The maximum atomic E-state index is 11.2. The fourth-order valence-electron chi connectivity index (χ4n) is 1.20. The Morgan fingerprint density at radius 2 is 1.80 bits per heavy atom. The zero-order chi connectivity index (χ0) is 11.9. The number of hydrogen-bond donors (Lipinski definition) is 0. The van der Waals surface area contributed by atoms with Crippen molar-refractivity contribution in [2.75, 3.05) is 13.2 Å². The van der Waals surface area contributed by atoms with Gasteiger partial charge in [-0.2, -0.15) is 0 Å². The van der Waals surface area contributed by atoms with Crippen LogP contribution in [-0.4, -0.2) is 19.0 Å². The minimum absolute atomic E-state index is 0.0968. The molecule has 0 N–H and O–H groups in total. The zero-order valence-electron chi connectivity index (χ0n) is 10.9. The number of Topliss-reactive ketones (excluding diaryl/α,β-unsaturated/α-hetero) is 1. The topological polar surface area (TPSA) is 26.3 Å². The Labute approximate surface area is 94.4 Å². The third kappa shape index (κ3) is 9.92. The first-order valence-corrected chi connectivity index (χ1v) is 5.93. The molecule has 0 aliphatic rings. The van der Waals surface area contributed by atoms with E-state index < -0.39 is 0 Å². The number of unbranched alkanes of at least 4 members (excludes halogenated alkanes) is 1. The fraction of sp³-hybridized carbons (Fsp3) is 0.923. The molecule has 15 heavy (non-hydrogen) atoms. The first kappa shape index (κ1) is 14.6. The summed E-state index contributed by atoms with van der Waals surface area (Å²) >= 11 is 0. The van der Waals surface area contributed by atoms with E-state index in [1.54, 1.807) is 0 Å². The summed E-state index contributed by atoms with van der Waals surface area (Å²) in [4.78, 5) is 11.2. The van der Waals surface area contributed by atoms with E-state index in [2.05, 4.69) is 20.8 Å². The summed E-state index contributed by atoms with van der Waals surface area (Å²) in [6.07, 6.45) is 3.45. The van der Waals surface area contributed by atoms with Crippen LogP contribution in [-0.2, 0) is 9.53 Å². The van der Waals surface area contributed by atoms with E-state index in [1.807, 2.05) is 13.8 Å². The van der Waals surface area contributed by atoms with Gasteiger partial charge in [0.1, 0.15) is 6.61 Å². The van der Waals surface area contributed by atoms with E-state index in [9.17, 15) is 4.79 Å². The van der Waals surface area contributed by atoms with Gasteiger partial charge in [0.25, 0.3) is 0 Å². The highest BCUT2D eigenvalue weighted by molar-refractivity contribution is 5.81. The lowest BCUT2D eigenvalue weighted by Gasteiger charge is -2.17. The van der Waals surface area contributed by atoms with Gasteiger partial charge in [0.2, 0.25) is 0 Å². The number of ether oxygens (including phenoxy) is 1. The van der Waals surface area contributed by atoms with Crippen molar-refractivity contribution in [3.05, 3.63) is 0 Å². The maximum absolute atomic E-state index is 11.2. The first-order chi connectivity index (χ1) is 6.83. The second kappa shape index (κ2) is 7.00. The van der Waals surface area contributed by atoms with Crippen LogP contribution in [0.2, 0.25) is 0 Å². The molecule has 0 spiro atoms. The number of carbonyl (C=O) groups is 1. The molecule has 0 rings (SSSR count). The average molecular weight is 214 g/mol. The molecule has 0 aromatic heterocycles. The van der Waals surface area contributed by atoms with E-state index in [4.69, 9.17) is 4.74 Å². The molecule has 0 saturated heterocycles. The van der Waals surface area contributed by atoms with Gasteiger partial charge in [-0.05, 0) is 18.3 Å². The van der Waals surface area contributed by atoms with Gasteiger partial charge < -0.3 is 4.74 Å². The predicted octanol–water partition coefficient (Wildman–Crippen LogP) is 3.44. The summed E-state index contributed by atoms with van der Waals surface area (Å²) < 4.78 is 5.32. The van der Waals surface area contributed by atoms with Gasteiger partial charge in [-0.3, -0.25) is 4.79 Å². The van der Waals surface area contributed by atoms with Gasteiger partial charge in [0.15, 0.2) is 5.78 Å². The van der Waals surface area contributed by atoms with Crippen molar-refractivity contribution >= 4 is 5.78 Å². The summed E-state index contributed by atoms with van der Waals surface area (Å²) in [5.41, 5.74) is 0.410. The SMILES string of the molecule is CC(C)C(=O)COCCCCC(C)(C)C. The van der Waals surface area contributed by atoms with E-state index in [0.717, 1.165) is 6.42 Å². The van der Waals surface area contributed by atoms with E-state index in [1.165, 1.54) is 12.8 Å². The molecule has 0 bridgehead atoms. The van der Waals surface area contributed by atoms with E-state index in [-0.39, 0.29) is 18.3 Å². The minimum atomic E-state index is 0.0968. The molecule has 0 unspecified atom stereocenters. The molecule has 0 aromatic carbocycles. The molecule has 0 heterocycles. The molecule has 0 aliphatic carbocycles. The van der Waals surface area contributed by atoms with Gasteiger partial charge in [-0.15, -0.1) is 0 Å². The van der Waals surface area contributed by atoms with Crippen LogP contribution in [0.25, 0.3) is 0 Å². The molecule has 0 radical (unpaired) electrons. The van der Waals surface area contributed by atoms with Crippen LogP contribution in [0.3, 0.4) is 0 Å². The lowest BCUT2D eigenvalue weighted by atomic mass is 9.90. The van der Waals surface area contributed by atoms with Crippen molar-refractivity contribution in [3.63, 3.8) is 0 Å². The van der Waals surface area contributed by atoms with Gasteiger partial charge in [-0.25, -0.2) is 0 Å². The first-order valence-electron chi connectivity index (χ1n) is 5.93. The van der Waals surface area contributed by atoms with Crippen molar-refractivity contribution in [2.24, 2.45) is 11.3 Å². The summed E-state index contributed by atoms with van der Waals surface area (Å²) in [5.74, 6) is 0.297. The van der Waals surface area contributed by atoms with Gasteiger partial charge in [0, 0.05) is 12.5 Å². The number of ketones is 1. The Kier molecular flexibility index (Phi) is 6.82. The van der Waals surface area contributed by atoms with Crippen LogP contribution in [0.1, 0.15) is 53.9 Å². The highest BCUT2D eigenvalue weighted by atomic mass is 16.5. The van der Waals surface area contributed by atoms with Crippen LogP contribution < -0.4 is 0 Å². The number of hydrogen-bond acceptors (Lipinski definition) is 2. The Morgan fingerprint density at radius 3 is 2.27 bits per heavy atom. The number of rotatable bonds is 7. The summed E-state index contributed by atoms with van der Waals surface area (Å²) in [6, 6.07) is 0. The smallest absolute Gasteiger partial charge is 0.160 e. The molecule has 2 nitrogen and oxygen atoms in total. The summed E-state index contributed by atoms with van der Waals surface area (Å²) in [5, 5.41) is 0. The van der Waals surface area contributed by atoms with Crippen LogP contribution in [0.15, 0.2) is 0 Å². The second-order valence-corrected chi connectivity index (χ2v) is 5.69. The monoisotopic (exact) mass is 214 g/mol. The molecule has 2 heteroatoms. The molecular formula is C13H26O2. The molecule has 0 atom stereocenters. The summed E-state index contributed by atoms with van der Waals surface area (Å²) in [7, 11) is 0. The van der Waals surface area contributed by atoms with Crippen molar-refractivity contribution in [1.29, 1.82) is 0 Å². The molecule has 0 fully saturated rings. The third-order valence-corrected chi connectivity index (χ3v) is 2.35. The maximum Gasteiger partial charge on any atom is 0.160 e. The Hall–Kier alpha value is -0.370. The quantitative estimate of drug-likeness (QED) is 0.607. The van der Waals surface area contributed by atoms with Crippen LogP contribution in [0.4, 0.5) is 0 Å². The Bertz CT molecular complexity index is 177. The summed E-state index contributed by atoms with van der Waals surface area (Å²) in [6.45, 7) is 11.6. The third-order valence-electron chi connectivity index (χ3n) is 2.35. The van der Waals surface area contributed by atoms with Gasteiger partial charge in [-0.1, -0.05) is 41.0 Å². The lowest BCUT2D eigenvalue weighted by Crippen LogP contribution is -2.15. The normalized spacial score (nSPS) is 12.1. The molecule has 90 valence electrons. The van der Waals surface area contributed by atoms with Gasteiger partial charge >= 0.3 is 0 Å². The molecule has 0 aliphatic heterocycles. The Morgan fingerprint density at radius 1 is 1.20 bits per heavy atom. The molecular weight excluding hydrogens is 188 g/mol. The predicted molar refractivity (Wildman–Crippen MR) is 64.0 cm³/mol. The minimum Gasteiger partial charge on any atom is -0.374 e.